The molecule has 5 rings (SSSR count). The van der Waals surface area contributed by atoms with Crippen molar-refractivity contribution in [1.82, 2.24) is 24.0 Å². The fourth-order valence-corrected chi connectivity index (χ4v) is 4.00. The van der Waals surface area contributed by atoms with Crippen molar-refractivity contribution in [3.05, 3.63) is 59.9 Å². The van der Waals surface area contributed by atoms with E-state index in [1.54, 1.807) is 29.0 Å². The van der Waals surface area contributed by atoms with Gasteiger partial charge in [0, 0.05) is 68.0 Å². The molecule has 1 saturated heterocycles. The van der Waals surface area contributed by atoms with Gasteiger partial charge in [0.25, 0.3) is 0 Å². The molecule has 160 valence electrons. The smallest absolute Gasteiger partial charge is 0.187 e. The zero-order valence-corrected chi connectivity index (χ0v) is 17.7. The summed E-state index contributed by atoms with van der Waals surface area (Å²) in [7, 11) is 0. The molecule has 4 aromatic rings. The summed E-state index contributed by atoms with van der Waals surface area (Å²) in [5.74, 6) is 1.00. The van der Waals surface area contributed by atoms with Gasteiger partial charge in [-0.2, -0.15) is 5.10 Å². The van der Waals surface area contributed by atoms with Crippen molar-refractivity contribution in [2.75, 3.05) is 13.2 Å². The minimum absolute atomic E-state index is 0.0133. The predicted octanol–water partition coefficient (Wildman–Crippen LogP) is 3.48. The zero-order chi connectivity index (χ0) is 21.4. The van der Waals surface area contributed by atoms with Crippen molar-refractivity contribution < 1.29 is 14.3 Å². The standard InChI is InChI=1S/C23H25N5O3/c1-15(2)31-21-12-23-25-19(16-4-8-30-9-5-16)14-27(23)13-17(21)10-20(29)18-11-22-24-6-3-7-28(22)26-18/h3,6-7,11-16H,4-5,8-10H2,1-2H3. The number of Topliss-reactive ketones (excluding diaryl/α,β-unsaturated/α-hetero) is 1. The van der Waals surface area contributed by atoms with Gasteiger partial charge in [-0.05, 0) is 32.8 Å². The molecular weight excluding hydrogens is 394 g/mol. The molecule has 0 aromatic carbocycles. The first-order valence-electron chi connectivity index (χ1n) is 10.7. The highest BCUT2D eigenvalue weighted by Crippen LogP contribution is 2.29. The van der Waals surface area contributed by atoms with Gasteiger partial charge in [-0.15, -0.1) is 0 Å². The summed E-state index contributed by atoms with van der Waals surface area (Å²) in [4.78, 5) is 22.1. The highest BCUT2D eigenvalue weighted by atomic mass is 16.5. The van der Waals surface area contributed by atoms with Crippen molar-refractivity contribution in [2.45, 2.75) is 45.1 Å². The van der Waals surface area contributed by atoms with Gasteiger partial charge in [0.15, 0.2) is 11.4 Å². The Morgan fingerprint density at radius 1 is 1.23 bits per heavy atom. The van der Waals surface area contributed by atoms with Gasteiger partial charge in [-0.25, -0.2) is 14.5 Å². The van der Waals surface area contributed by atoms with Crippen LogP contribution in [0, 0.1) is 0 Å². The topological polar surface area (TPSA) is 83.0 Å². The van der Waals surface area contributed by atoms with Gasteiger partial charge in [0.2, 0.25) is 0 Å². The molecule has 1 aliphatic rings. The minimum atomic E-state index is -0.0803. The third-order valence-corrected chi connectivity index (χ3v) is 5.53. The van der Waals surface area contributed by atoms with Crippen LogP contribution in [0.1, 0.15) is 54.4 Å². The molecule has 0 amide bonds. The fourth-order valence-electron chi connectivity index (χ4n) is 4.00. The third kappa shape index (κ3) is 4.03. The van der Waals surface area contributed by atoms with E-state index in [1.165, 1.54) is 0 Å². The lowest BCUT2D eigenvalue weighted by atomic mass is 9.97. The normalized spacial score (nSPS) is 15.2. The molecule has 0 aliphatic carbocycles. The number of carbonyl (C=O) groups excluding carboxylic acids is 1. The average molecular weight is 419 g/mol. The molecule has 8 heteroatoms. The number of ether oxygens (including phenoxy) is 2. The summed E-state index contributed by atoms with van der Waals surface area (Å²) < 4.78 is 15.1. The number of hydrogen-bond donors (Lipinski definition) is 0. The Kier molecular flexibility index (Phi) is 5.15. The molecule has 5 heterocycles. The molecule has 31 heavy (non-hydrogen) atoms. The van der Waals surface area contributed by atoms with Gasteiger partial charge in [-0.3, -0.25) is 4.79 Å². The number of imidazole rings is 1. The number of ketones is 1. The lowest BCUT2D eigenvalue weighted by molar-refractivity contribution is 0.0846. The Morgan fingerprint density at radius 3 is 2.84 bits per heavy atom. The molecule has 0 atom stereocenters. The number of pyridine rings is 1. The molecule has 1 aliphatic heterocycles. The number of aromatic nitrogens is 5. The summed E-state index contributed by atoms with van der Waals surface area (Å²) in [6, 6.07) is 5.42. The first-order chi connectivity index (χ1) is 15.1. The Balaban J connectivity index is 1.48. The van der Waals surface area contributed by atoms with E-state index in [9.17, 15) is 4.79 Å². The van der Waals surface area contributed by atoms with Crippen molar-refractivity contribution >= 4 is 17.1 Å². The number of fused-ring (bicyclic) bond motifs is 2. The Hall–Kier alpha value is -3.26. The van der Waals surface area contributed by atoms with Crippen LogP contribution in [0.4, 0.5) is 0 Å². The minimum Gasteiger partial charge on any atom is -0.491 e. The van der Waals surface area contributed by atoms with Crippen LogP contribution < -0.4 is 4.74 Å². The van der Waals surface area contributed by atoms with E-state index in [4.69, 9.17) is 14.5 Å². The molecule has 0 unspecified atom stereocenters. The van der Waals surface area contributed by atoms with E-state index in [-0.39, 0.29) is 18.3 Å². The number of hydrogen-bond acceptors (Lipinski definition) is 6. The Bertz CT molecular complexity index is 1200. The largest absolute Gasteiger partial charge is 0.491 e. The fraction of sp³-hybridized carbons (Fsp3) is 0.391. The van der Waals surface area contributed by atoms with E-state index < -0.39 is 0 Å². The molecule has 0 bridgehead atoms. The van der Waals surface area contributed by atoms with Crippen molar-refractivity contribution in [3.8, 4) is 5.75 Å². The van der Waals surface area contributed by atoms with Crippen LogP contribution >= 0.6 is 0 Å². The van der Waals surface area contributed by atoms with E-state index in [0.29, 0.717) is 23.0 Å². The van der Waals surface area contributed by atoms with Crippen molar-refractivity contribution in [2.24, 2.45) is 0 Å². The highest BCUT2D eigenvalue weighted by molar-refractivity contribution is 5.97. The van der Waals surface area contributed by atoms with Gasteiger partial charge in [0.1, 0.15) is 17.1 Å². The molecular formula is C23H25N5O3. The lowest BCUT2D eigenvalue weighted by Gasteiger charge is -2.19. The summed E-state index contributed by atoms with van der Waals surface area (Å²) in [6.45, 7) is 5.49. The van der Waals surface area contributed by atoms with Gasteiger partial charge in [-0.1, -0.05) is 0 Å². The zero-order valence-electron chi connectivity index (χ0n) is 17.7. The quantitative estimate of drug-likeness (QED) is 0.445. The number of rotatable bonds is 6. The van der Waals surface area contributed by atoms with Crippen LogP contribution in [0.15, 0.2) is 43.0 Å². The lowest BCUT2D eigenvalue weighted by Crippen LogP contribution is -2.14. The summed E-state index contributed by atoms with van der Waals surface area (Å²) >= 11 is 0. The molecule has 0 saturated carbocycles. The van der Waals surface area contributed by atoms with Crippen LogP contribution in [0.2, 0.25) is 0 Å². The number of carbonyl (C=O) groups is 1. The second kappa shape index (κ2) is 8.11. The average Bonchev–Trinajstić information content (AvgIpc) is 3.38. The van der Waals surface area contributed by atoms with Crippen molar-refractivity contribution in [1.29, 1.82) is 0 Å². The van der Waals surface area contributed by atoms with E-state index in [1.807, 2.05) is 30.5 Å². The second-order valence-electron chi connectivity index (χ2n) is 8.20. The van der Waals surface area contributed by atoms with Crippen LogP contribution in [-0.4, -0.2) is 49.1 Å². The third-order valence-electron chi connectivity index (χ3n) is 5.53. The van der Waals surface area contributed by atoms with Crippen LogP contribution in [-0.2, 0) is 11.2 Å². The van der Waals surface area contributed by atoms with Crippen LogP contribution in [0.3, 0.4) is 0 Å². The molecule has 0 N–H and O–H groups in total. The SMILES string of the molecule is CC(C)Oc1cc2nc(C3CCOCC3)cn2cc1CC(=O)c1cc2ncccn2n1. The summed E-state index contributed by atoms with van der Waals surface area (Å²) in [5.41, 5.74) is 3.74. The second-order valence-corrected chi connectivity index (χ2v) is 8.20. The van der Waals surface area contributed by atoms with Crippen LogP contribution in [0.25, 0.3) is 11.3 Å². The predicted molar refractivity (Wildman–Crippen MR) is 115 cm³/mol. The monoisotopic (exact) mass is 419 g/mol. The maximum atomic E-state index is 13.0. The molecule has 4 aromatic heterocycles. The van der Waals surface area contributed by atoms with Gasteiger partial charge >= 0.3 is 0 Å². The maximum Gasteiger partial charge on any atom is 0.187 e. The summed E-state index contributed by atoms with van der Waals surface area (Å²) in [5, 5.41) is 4.36. The van der Waals surface area contributed by atoms with Crippen LogP contribution in [0.5, 0.6) is 5.75 Å². The van der Waals surface area contributed by atoms with E-state index in [0.717, 1.165) is 43.0 Å². The van der Waals surface area contributed by atoms with Gasteiger partial charge in [0.05, 0.1) is 11.8 Å². The molecule has 8 nitrogen and oxygen atoms in total. The van der Waals surface area contributed by atoms with E-state index in [2.05, 4.69) is 16.3 Å². The first kappa shape index (κ1) is 19.7. The maximum absolute atomic E-state index is 13.0. The summed E-state index contributed by atoms with van der Waals surface area (Å²) in [6.07, 6.45) is 9.61. The molecule has 0 spiro atoms. The Labute approximate surface area is 179 Å². The van der Waals surface area contributed by atoms with E-state index >= 15 is 0 Å². The van der Waals surface area contributed by atoms with Gasteiger partial charge < -0.3 is 13.9 Å². The highest BCUT2D eigenvalue weighted by Gasteiger charge is 2.21. The van der Waals surface area contributed by atoms with Crippen molar-refractivity contribution in [3.63, 3.8) is 0 Å². The first-order valence-corrected chi connectivity index (χ1v) is 10.7. The molecule has 1 fully saturated rings. The molecule has 0 radical (unpaired) electrons. The Morgan fingerprint density at radius 2 is 2.06 bits per heavy atom. The number of nitrogens with zero attached hydrogens (tertiary/aromatic N) is 5.